The zero-order valence-corrected chi connectivity index (χ0v) is 6.53. The van der Waals surface area contributed by atoms with Crippen molar-refractivity contribution in [3.63, 3.8) is 0 Å². The first kappa shape index (κ1) is 8.93. The third-order valence-corrected chi connectivity index (χ3v) is 1.45. The van der Waals surface area contributed by atoms with Crippen molar-refractivity contribution in [3.8, 4) is 0 Å². The second kappa shape index (κ2) is 3.49. The quantitative estimate of drug-likeness (QED) is 0.537. The summed E-state index contributed by atoms with van der Waals surface area (Å²) in [6.07, 6.45) is -1.71. The lowest BCUT2D eigenvalue weighted by molar-refractivity contribution is 0.235. The van der Waals surface area contributed by atoms with Crippen molar-refractivity contribution >= 4 is 23.4 Å². The first-order chi connectivity index (χ1) is 5.59. The Labute approximate surface area is 72.1 Å². The van der Waals surface area contributed by atoms with Crippen LogP contribution in [-0.2, 0) is 0 Å². The number of amides is 1. The second-order valence-electron chi connectivity index (χ2n) is 2.03. The maximum atomic E-state index is 12.5. The summed E-state index contributed by atoms with van der Waals surface area (Å²) in [6, 6.07) is 3.36. The lowest BCUT2D eigenvalue weighted by Crippen LogP contribution is -2.01. The van der Waals surface area contributed by atoms with Crippen LogP contribution in [0.15, 0.2) is 18.2 Å². The highest BCUT2D eigenvalue weighted by atomic mass is 35.5. The van der Waals surface area contributed by atoms with Gasteiger partial charge in [-0.15, -0.1) is 4.39 Å². The van der Waals surface area contributed by atoms with Crippen molar-refractivity contribution in [3.05, 3.63) is 29.0 Å². The van der Waals surface area contributed by atoms with Crippen LogP contribution in [0.4, 0.5) is 19.3 Å². The summed E-state index contributed by atoms with van der Waals surface area (Å²) < 4.78 is 24.2. The fraction of sp³-hybridized carbons (Fsp3) is 0. The molecular weight excluding hydrogens is 188 g/mol. The number of hydrogen-bond donors (Lipinski definition) is 1. The Kier molecular flexibility index (Phi) is 2.60. The van der Waals surface area contributed by atoms with Gasteiger partial charge in [0.05, 0.1) is 5.02 Å². The summed E-state index contributed by atoms with van der Waals surface area (Å²) in [6.45, 7) is 0. The topological polar surface area (TPSA) is 29.1 Å². The van der Waals surface area contributed by atoms with Crippen LogP contribution in [0.25, 0.3) is 0 Å². The van der Waals surface area contributed by atoms with Crippen molar-refractivity contribution < 1.29 is 13.6 Å². The molecule has 0 fully saturated rings. The predicted octanol–water partition coefficient (Wildman–Crippen LogP) is 2.98. The molecule has 1 N–H and O–H groups in total. The summed E-state index contributed by atoms with van der Waals surface area (Å²) >= 11 is 5.35. The smallest absolute Gasteiger partial charge is 0.298 e. The van der Waals surface area contributed by atoms with Gasteiger partial charge in [-0.3, -0.25) is 5.32 Å². The average molecular weight is 192 g/mol. The molecule has 0 bridgehead atoms. The molecule has 64 valence electrons. The van der Waals surface area contributed by atoms with Gasteiger partial charge in [0, 0.05) is 5.69 Å². The normalized spacial score (nSPS) is 9.58. The standard InChI is InChI=1S/C7H4ClF2NO/c8-5-3-4(11-7(10)12)1-2-6(5)9/h1-3H,(H,11,12). The maximum absolute atomic E-state index is 12.5. The van der Waals surface area contributed by atoms with Crippen LogP contribution < -0.4 is 5.32 Å². The maximum Gasteiger partial charge on any atom is 0.401 e. The zero-order chi connectivity index (χ0) is 9.14. The molecule has 5 heteroatoms. The Morgan fingerprint density at radius 3 is 2.67 bits per heavy atom. The SMILES string of the molecule is O=C(F)Nc1ccc(F)c(Cl)c1. The molecule has 0 radical (unpaired) electrons. The molecule has 1 amide bonds. The lowest BCUT2D eigenvalue weighted by Gasteiger charge is -1.99. The third-order valence-electron chi connectivity index (χ3n) is 1.16. The van der Waals surface area contributed by atoms with Crippen molar-refractivity contribution in [2.45, 2.75) is 0 Å². The predicted molar refractivity (Wildman–Crippen MR) is 41.5 cm³/mol. The summed E-state index contributed by atoms with van der Waals surface area (Å²) in [5.41, 5.74) is 0.119. The van der Waals surface area contributed by atoms with E-state index in [0.717, 1.165) is 12.1 Å². The van der Waals surface area contributed by atoms with Gasteiger partial charge in [0.2, 0.25) is 0 Å². The van der Waals surface area contributed by atoms with Crippen LogP contribution in [0.5, 0.6) is 0 Å². The van der Waals surface area contributed by atoms with E-state index < -0.39 is 12.0 Å². The van der Waals surface area contributed by atoms with Gasteiger partial charge in [-0.05, 0) is 18.2 Å². The Balaban J connectivity index is 2.89. The molecule has 0 aromatic heterocycles. The average Bonchev–Trinajstić information content (AvgIpc) is 1.96. The molecule has 0 unspecified atom stereocenters. The van der Waals surface area contributed by atoms with E-state index in [4.69, 9.17) is 11.6 Å². The molecule has 1 aromatic rings. The number of benzene rings is 1. The van der Waals surface area contributed by atoms with Gasteiger partial charge in [-0.2, -0.15) is 0 Å². The zero-order valence-electron chi connectivity index (χ0n) is 5.77. The number of hydrogen-bond acceptors (Lipinski definition) is 1. The van der Waals surface area contributed by atoms with Gasteiger partial charge in [0.15, 0.2) is 0 Å². The Morgan fingerprint density at radius 1 is 1.50 bits per heavy atom. The molecule has 0 aliphatic heterocycles. The van der Waals surface area contributed by atoms with Crippen molar-refractivity contribution in [1.29, 1.82) is 0 Å². The van der Waals surface area contributed by atoms with E-state index in [1.54, 1.807) is 0 Å². The van der Waals surface area contributed by atoms with E-state index in [0.29, 0.717) is 0 Å². The third kappa shape index (κ3) is 2.17. The molecule has 0 saturated carbocycles. The van der Waals surface area contributed by atoms with Crippen LogP contribution in [0, 0.1) is 5.82 Å². The molecule has 1 aromatic carbocycles. The first-order valence-electron chi connectivity index (χ1n) is 3.01. The van der Waals surface area contributed by atoms with Crippen LogP contribution in [-0.4, -0.2) is 6.16 Å². The fourth-order valence-electron chi connectivity index (χ4n) is 0.687. The van der Waals surface area contributed by atoms with E-state index in [1.165, 1.54) is 6.07 Å². The number of halogens is 3. The monoisotopic (exact) mass is 191 g/mol. The van der Waals surface area contributed by atoms with Crippen molar-refractivity contribution in [1.82, 2.24) is 0 Å². The molecule has 12 heavy (non-hydrogen) atoms. The van der Waals surface area contributed by atoms with Crippen molar-refractivity contribution in [2.75, 3.05) is 5.32 Å². The largest absolute Gasteiger partial charge is 0.401 e. The molecule has 2 nitrogen and oxygen atoms in total. The van der Waals surface area contributed by atoms with Gasteiger partial charge < -0.3 is 0 Å². The van der Waals surface area contributed by atoms with Gasteiger partial charge in [-0.1, -0.05) is 11.6 Å². The summed E-state index contributed by atoms with van der Waals surface area (Å²) in [4.78, 5) is 9.89. The molecule has 0 saturated heterocycles. The Hall–Kier alpha value is -1.16. The number of anilines is 1. The highest BCUT2D eigenvalue weighted by Gasteiger charge is 2.02. The highest BCUT2D eigenvalue weighted by Crippen LogP contribution is 2.19. The van der Waals surface area contributed by atoms with E-state index in [2.05, 4.69) is 0 Å². The fourth-order valence-corrected chi connectivity index (χ4v) is 0.868. The number of carbonyl (C=O) groups excluding carboxylic acids is 1. The summed E-state index contributed by atoms with van der Waals surface area (Å²) in [5, 5.41) is 1.65. The highest BCUT2D eigenvalue weighted by molar-refractivity contribution is 6.31. The Morgan fingerprint density at radius 2 is 2.17 bits per heavy atom. The van der Waals surface area contributed by atoms with Crippen LogP contribution in [0.3, 0.4) is 0 Å². The minimum absolute atomic E-state index is 0.119. The number of carbonyl (C=O) groups is 1. The molecule has 0 heterocycles. The van der Waals surface area contributed by atoms with Gasteiger partial charge >= 0.3 is 6.16 Å². The summed E-state index contributed by atoms with van der Waals surface area (Å²) in [7, 11) is 0. The molecule has 1 rings (SSSR count). The molecular formula is C7H4ClF2NO. The van der Waals surface area contributed by atoms with E-state index in [9.17, 15) is 13.6 Å². The van der Waals surface area contributed by atoms with Crippen LogP contribution in [0.2, 0.25) is 5.02 Å². The second-order valence-corrected chi connectivity index (χ2v) is 2.43. The Bertz CT molecular complexity index is 316. The molecule has 0 spiro atoms. The van der Waals surface area contributed by atoms with Gasteiger partial charge in [0.1, 0.15) is 5.82 Å². The molecule has 0 aliphatic carbocycles. The minimum Gasteiger partial charge on any atom is -0.298 e. The molecule has 0 atom stereocenters. The summed E-state index contributed by atoms with van der Waals surface area (Å²) in [5.74, 6) is -0.617. The van der Waals surface area contributed by atoms with E-state index in [-0.39, 0.29) is 10.7 Å². The first-order valence-corrected chi connectivity index (χ1v) is 3.39. The van der Waals surface area contributed by atoms with Crippen molar-refractivity contribution in [2.24, 2.45) is 0 Å². The van der Waals surface area contributed by atoms with Gasteiger partial charge in [-0.25, -0.2) is 9.18 Å². The lowest BCUT2D eigenvalue weighted by atomic mass is 10.3. The van der Waals surface area contributed by atoms with Crippen LogP contribution in [0.1, 0.15) is 0 Å². The number of rotatable bonds is 1. The minimum atomic E-state index is -1.71. The van der Waals surface area contributed by atoms with E-state index in [1.807, 2.05) is 5.32 Å². The van der Waals surface area contributed by atoms with Crippen LogP contribution >= 0.6 is 11.6 Å². The van der Waals surface area contributed by atoms with E-state index >= 15 is 0 Å². The molecule has 0 aliphatic rings. The number of nitrogens with one attached hydrogen (secondary N) is 1. The van der Waals surface area contributed by atoms with Gasteiger partial charge in [0.25, 0.3) is 0 Å².